The molecule has 200 valence electrons. The largest absolute Gasteiger partial charge is 0.205 e. The van der Waals surface area contributed by atoms with Gasteiger partial charge in [0.05, 0.1) is 5.56 Å². The van der Waals surface area contributed by atoms with Crippen molar-refractivity contribution in [1.29, 1.82) is 0 Å². The zero-order valence-corrected chi connectivity index (χ0v) is 23.6. The Balaban J connectivity index is 1.31. The summed E-state index contributed by atoms with van der Waals surface area (Å²) in [6.07, 6.45) is 21.1. The summed E-state index contributed by atoms with van der Waals surface area (Å²) in [6.45, 7) is 4.35. The standard InChI is InChI=1S/C37H45F/c1-3-5-7-9-11-30-14-18-32(19-15-30)22-24-34-25-26-35-28-33(23-27-36(35)37(34)38)21-20-31-16-12-29(13-17-31)10-8-6-4-2/h4,6,14-15,18-19,23,25-29,31H,3,5,7-13,16-17,20-21H2,1-2H3/b6-4+. The maximum Gasteiger partial charge on any atom is 0.146 e. The van der Waals surface area contributed by atoms with Crippen molar-refractivity contribution in [3.63, 3.8) is 0 Å². The first kappa shape index (κ1) is 28.2. The predicted octanol–water partition coefficient (Wildman–Crippen LogP) is 10.6. The van der Waals surface area contributed by atoms with Gasteiger partial charge in [0.1, 0.15) is 5.82 Å². The van der Waals surface area contributed by atoms with Crippen LogP contribution in [0.3, 0.4) is 0 Å². The van der Waals surface area contributed by atoms with Gasteiger partial charge in [-0.2, -0.15) is 0 Å². The molecular weight excluding hydrogens is 463 g/mol. The summed E-state index contributed by atoms with van der Waals surface area (Å²) in [6, 6.07) is 18.6. The van der Waals surface area contributed by atoms with Gasteiger partial charge in [0.2, 0.25) is 0 Å². The van der Waals surface area contributed by atoms with E-state index < -0.39 is 0 Å². The van der Waals surface area contributed by atoms with E-state index >= 15 is 4.39 Å². The Morgan fingerprint density at radius 1 is 0.789 bits per heavy atom. The molecule has 1 saturated carbocycles. The van der Waals surface area contributed by atoms with Crippen molar-refractivity contribution in [3.05, 3.63) is 94.8 Å². The fourth-order valence-corrected chi connectivity index (χ4v) is 5.92. The van der Waals surface area contributed by atoms with Crippen molar-refractivity contribution in [2.24, 2.45) is 11.8 Å². The molecular formula is C37H45F. The van der Waals surface area contributed by atoms with E-state index in [1.165, 1.54) is 81.8 Å². The number of hydrogen-bond acceptors (Lipinski definition) is 0. The summed E-state index contributed by atoms with van der Waals surface area (Å²) in [5, 5.41) is 1.65. The van der Waals surface area contributed by atoms with E-state index in [0.29, 0.717) is 10.9 Å². The van der Waals surface area contributed by atoms with Gasteiger partial charge in [-0.25, -0.2) is 4.39 Å². The highest BCUT2D eigenvalue weighted by atomic mass is 19.1. The number of unbranched alkanes of at least 4 members (excludes halogenated alkanes) is 3. The Morgan fingerprint density at radius 2 is 1.53 bits per heavy atom. The van der Waals surface area contributed by atoms with Crippen LogP contribution in [0, 0.1) is 29.5 Å². The molecule has 0 heterocycles. The third-order valence-electron chi connectivity index (χ3n) is 8.42. The minimum absolute atomic E-state index is 0.203. The van der Waals surface area contributed by atoms with Crippen molar-refractivity contribution in [1.82, 2.24) is 0 Å². The highest BCUT2D eigenvalue weighted by Gasteiger charge is 2.20. The normalized spacial score (nSPS) is 17.6. The molecule has 0 aliphatic heterocycles. The number of rotatable bonds is 11. The van der Waals surface area contributed by atoms with Crippen LogP contribution >= 0.6 is 0 Å². The quantitative estimate of drug-likeness (QED) is 0.137. The van der Waals surface area contributed by atoms with Crippen LogP contribution in [-0.2, 0) is 12.8 Å². The van der Waals surface area contributed by atoms with E-state index in [1.54, 1.807) is 0 Å². The topological polar surface area (TPSA) is 0 Å². The monoisotopic (exact) mass is 508 g/mol. The summed E-state index contributed by atoms with van der Waals surface area (Å²) < 4.78 is 15.3. The minimum atomic E-state index is -0.203. The average Bonchev–Trinajstić information content (AvgIpc) is 2.95. The fraction of sp³-hybridized carbons (Fsp3) is 0.459. The highest BCUT2D eigenvalue weighted by molar-refractivity contribution is 5.85. The van der Waals surface area contributed by atoms with Crippen molar-refractivity contribution in [2.75, 3.05) is 0 Å². The Bertz CT molecular complexity index is 1230. The highest BCUT2D eigenvalue weighted by Crippen LogP contribution is 2.34. The average molecular weight is 509 g/mol. The maximum absolute atomic E-state index is 15.3. The third-order valence-corrected chi connectivity index (χ3v) is 8.42. The van der Waals surface area contributed by atoms with Gasteiger partial charge in [0, 0.05) is 10.9 Å². The molecule has 0 spiro atoms. The first-order valence-corrected chi connectivity index (χ1v) is 15.1. The number of hydrogen-bond donors (Lipinski definition) is 0. The molecule has 0 aromatic heterocycles. The van der Waals surface area contributed by atoms with Gasteiger partial charge in [0.25, 0.3) is 0 Å². The molecule has 0 N–H and O–H groups in total. The zero-order valence-electron chi connectivity index (χ0n) is 23.6. The number of aryl methyl sites for hydroxylation is 2. The van der Waals surface area contributed by atoms with Crippen LogP contribution in [0.15, 0.2) is 66.7 Å². The van der Waals surface area contributed by atoms with E-state index in [4.69, 9.17) is 0 Å². The Morgan fingerprint density at radius 3 is 2.26 bits per heavy atom. The summed E-state index contributed by atoms with van der Waals surface area (Å²) in [5.41, 5.74) is 4.08. The Hall–Kier alpha value is -2.85. The lowest BCUT2D eigenvalue weighted by molar-refractivity contribution is 0.254. The summed E-state index contributed by atoms with van der Waals surface area (Å²) >= 11 is 0. The van der Waals surface area contributed by atoms with Crippen LogP contribution in [0.2, 0.25) is 0 Å². The second kappa shape index (κ2) is 14.9. The van der Waals surface area contributed by atoms with Crippen LogP contribution in [-0.4, -0.2) is 0 Å². The second-order valence-corrected chi connectivity index (χ2v) is 11.3. The fourth-order valence-electron chi connectivity index (χ4n) is 5.92. The predicted molar refractivity (Wildman–Crippen MR) is 162 cm³/mol. The molecule has 1 fully saturated rings. The van der Waals surface area contributed by atoms with Crippen molar-refractivity contribution >= 4 is 10.8 Å². The molecule has 3 aromatic rings. The van der Waals surface area contributed by atoms with Crippen molar-refractivity contribution < 1.29 is 4.39 Å². The number of halogens is 1. The van der Waals surface area contributed by atoms with Gasteiger partial charge in [-0.05, 0) is 92.0 Å². The lowest BCUT2D eigenvalue weighted by Crippen LogP contribution is -2.15. The third kappa shape index (κ3) is 8.33. The molecule has 3 aromatic carbocycles. The van der Waals surface area contributed by atoms with Crippen LogP contribution in [0.5, 0.6) is 0 Å². The van der Waals surface area contributed by atoms with Crippen molar-refractivity contribution in [2.45, 2.75) is 97.3 Å². The van der Waals surface area contributed by atoms with Gasteiger partial charge in [-0.3, -0.25) is 0 Å². The molecule has 0 radical (unpaired) electrons. The number of allylic oxidation sites excluding steroid dienone is 2. The van der Waals surface area contributed by atoms with Gasteiger partial charge >= 0.3 is 0 Å². The van der Waals surface area contributed by atoms with E-state index in [-0.39, 0.29) is 5.82 Å². The molecule has 0 nitrogen and oxygen atoms in total. The minimum Gasteiger partial charge on any atom is -0.205 e. The molecule has 4 rings (SSSR count). The second-order valence-electron chi connectivity index (χ2n) is 11.3. The molecule has 0 saturated heterocycles. The first-order valence-electron chi connectivity index (χ1n) is 15.1. The summed E-state index contributed by atoms with van der Waals surface area (Å²) in [5.74, 6) is 7.79. The van der Waals surface area contributed by atoms with E-state index in [2.05, 4.69) is 74.2 Å². The number of benzene rings is 3. The molecule has 0 amide bonds. The Labute approximate surface area is 230 Å². The smallest absolute Gasteiger partial charge is 0.146 e. The van der Waals surface area contributed by atoms with Gasteiger partial charge in [-0.1, -0.05) is 112 Å². The van der Waals surface area contributed by atoms with Gasteiger partial charge < -0.3 is 0 Å². The van der Waals surface area contributed by atoms with Crippen LogP contribution < -0.4 is 0 Å². The summed E-state index contributed by atoms with van der Waals surface area (Å²) in [7, 11) is 0. The van der Waals surface area contributed by atoms with E-state index in [0.717, 1.165) is 35.6 Å². The van der Waals surface area contributed by atoms with Crippen LogP contribution in [0.1, 0.15) is 107 Å². The number of fused-ring (bicyclic) bond motifs is 1. The van der Waals surface area contributed by atoms with Gasteiger partial charge in [-0.15, -0.1) is 0 Å². The maximum atomic E-state index is 15.3. The molecule has 1 heteroatoms. The summed E-state index contributed by atoms with van der Waals surface area (Å²) in [4.78, 5) is 0. The lowest BCUT2D eigenvalue weighted by Gasteiger charge is -2.28. The van der Waals surface area contributed by atoms with Crippen LogP contribution in [0.25, 0.3) is 10.8 Å². The van der Waals surface area contributed by atoms with E-state index in [9.17, 15) is 0 Å². The van der Waals surface area contributed by atoms with E-state index in [1.807, 2.05) is 18.2 Å². The van der Waals surface area contributed by atoms with Crippen LogP contribution in [0.4, 0.5) is 4.39 Å². The molecule has 0 bridgehead atoms. The first-order chi connectivity index (χ1) is 18.7. The molecule has 0 atom stereocenters. The van der Waals surface area contributed by atoms with Crippen molar-refractivity contribution in [3.8, 4) is 11.8 Å². The van der Waals surface area contributed by atoms with Gasteiger partial charge in [0.15, 0.2) is 0 Å². The SMILES string of the molecule is C/C=C/CCC1CCC(CCc2ccc3c(F)c(C#Cc4ccc(CCCCCC)cc4)ccc3c2)CC1. The Kier molecular flexibility index (Phi) is 11.1. The molecule has 38 heavy (non-hydrogen) atoms. The lowest BCUT2D eigenvalue weighted by atomic mass is 9.78. The molecule has 1 aliphatic carbocycles. The molecule has 0 unspecified atom stereocenters. The molecule has 1 aliphatic rings. The zero-order chi connectivity index (χ0) is 26.6.